The molecule has 20 heavy (non-hydrogen) atoms. The van der Waals surface area contributed by atoms with Crippen molar-refractivity contribution >= 4 is 16.9 Å². The predicted molar refractivity (Wildman–Crippen MR) is 63.1 cm³/mol. The molecule has 0 aromatic carbocycles. The van der Waals surface area contributed by atoms with Gasteiger partial charge < -0.3 is 9.72 Å². The van der Waals surface area contributed by atoms with Crippen LogP contribution in [0.3, 0.4) is 0 Å². The number of nitrogens with one attached hydrogen (secondary N) is 1. The Morgan fingerprint density at radius 3 is 2.75 bits per heavy atom. The molecule has 0 unspecified atom stereocenters. The molecule has 5 nitrogen and oxygen atoms in total. The van der Waals surface area contributed by atoms with Crippen LogP contribution in [0.4, 0.5) is 13.2 Å². The van der Waals surface area contributed by atoms with E-state index in [1.165, 1.54) is 6.07 Å². The van der Waals surface area contributed by atoms with E-state index in [1.807, 2.05) is 0 Å². The Kier molecular flexibility index (Phi) is 3.47. The van der Waals surface area contributed by atoms with E-state index in [0.29, 0.717) is 0 Å². The standard InChI is InChI=1S/C12H9F3N2O3/c1-20-9(18)5-6-4-7-8(17-11(6)19)2-3-16-10(7)12(13,14)15/h2-4H,5H2,1H3,(H,17,19). The number of H-pyrrole nitrogens is 1. The van der Waals surface area contributed by atoms with Crippen molar-refractivity contribution in [3.05, 3.63) is 39.9 Å². The maximum atomic E-state index is 12.8. The van der Waals surface area contributed by atoms with E-state index >= 15 is 0 Å². The third kappa shape index (κ3) is 2.63. The lowest BCUT2D eigenvalue weighted by molar-refractivity contribution is -0.140. The van der Waals surface area contributed by atoms with E-state index in [2.05, 4.69) is 14.7 Å². The van der Waals surface area contributed by atoms with Gasteiger partial charge in [-0.2, -0.15) is 13.2 Å². The third-order valence-electron chi connectivity index (χ3n) is 2.68. The number of fused-ring (bicyclic) bond motifs is 1. The number of alkyl halides is 3. The Labute approximate surface area is 110 Å². The predicted octanol–water partition coefficient (Wildman–Crippen LogP) is 1.66. The summed E-state index contributed by atoms with van der Waals surface area (Å²) in [6.07, 6.45) is -4.10. The van der Waals surface area contributed by atoms with Gasteiger partial charge in [0, 0.05) is 17.1 Å². The first-order valence-electron chi connectivity index (χ1n) is 5.48. The number of halogens is 3. The topological polar surface area (TPSA) is 72.0 Å². The molecular weight excluding hydrogens is 277 g/mol. The molecule has 0 aliphatic rings. The number of esters is 1. The van der Waals surface area contributed by atoms with Gasteiger partial charge in [0.05, 0.1) is 19.0 Å². The number of rotatable bonds is 2. The van der Waals surface area contributed by atoms with Crippen LogP contribution in [-0.2, 0) is 22.1 Å². The van der Waals surface area contributed by atoms with Crippen LogP contribution in [-0.4, -0.2) is 23.0 Å². The molecule has 0 amide bonds. The van der Waals surface area contributed by atoms with E-state index in [4.69, 9.17) is 0 Å². The van der Waals surface area contributed by atoms with Crippen LogP contribution < -0.4 is 5.56 Å². The van der Waals surface area contributed by atoms with Crippen molar-refractivity contribution < 1.29 is 22.7 Å². The minimum Gasteiger partial charge on any atom is -0.469 e. The molecule has 8 heteroatoms. The summed E-state index contributed by atoms with van der Waals surface area (Å²) >= 11 is 0. The highest BCUT2D eigenvalue weighted by atomic mass is 19.4. The van der Waals surface area contributed by atoms with E-state index in [0.717, 1.165) is 19.4 Å². The third-order valence-corrected chi connectivity index (χ3v) is 2.68. The van der Waals surface area contributed by atoms with Gasteiger partial charge in [-0.25, -0.2) is 0 Å². The highest BCUT2D eigenvalue weighted by Crippen LogP contribution is 2.32. The van der Waals surface area contributed by atoms with Gasteiger partial charge in [-0.3, -0.25) is 14.6 Å². The maximum Gasteiger partial charge on any atom is 0.434 e. The zero-order valence-corrected chi connectivity index (χ0v) is 10.2. The van der Waals surface area contributed by atoms with Gasteiger partial charge in [-0.15, -0.1) is 0 Å². The molecule has 2 aromatic rings. The van der Waals surface area contributed by atoms with Crippen molar-refractivity contribution in [1.29, 1.82) is 0 Å². The quantitative estimate of drug-likeness (QED) is 0.852. The normalized spacial score (nSPS) is 11.6. The molecule has 1 N–H and O–H groups in total. The number of nitrogens with zero attached hydrogens (tertiary/aromatic N) is 1. The first-order valence-corrected chi connectivity index (χ1v) is 5.48. The molecule has 0 fully saturated rings. The fourth-order valence-electron chi connectivity index (χ4n) is 1.76. The van der Waals surface area contributed by atoms with Crippen molar-refractivity contribution in [1.82, 2.24) is 9.97 Å². The highest BCUT2D eigenvalue weighted by Gasteiger charge is 2.34. The number of carbonyl (C=O) groups excluding carboxylic acids is 1. The number of hydrogen-bond donors (Lipinski definition) is 1. The largest absolute Gasteiger partial charge is 0.469 e. The second-order valence-electron chi connectivity index (χ2n) is 4.00. The molecular formula is C12H9F3N2O3. The van der Waals surface area contributed by atoms with Crippen LogP contribution in [0, 0.1) is 0 Å². The van der Waals surface area contributed by atoms with E-state index in [-0.39, 0.29) is 16.5 Å². The number of methoxy groups -OCH3 is 1. The van der Waals surface area contributed by atoms with E-state index < -0.39 is 29.8 Å². The first-order chi connectivity index (χ1) is 9.32. The van der Waals surface area contributed by atoms with Crippen molar-refractivity contribution in [2.24, 2.45) is 0 Å². The van der Waals surface area contributed by atoms with Crippen LogP contribution in [0.1, 0.15) is 11.3 Å². The summed E-state index contributed by atoms with van der Waals surface area (Å²) in [4.78, 5) is 28.4. The van der Waals surface area contributed by atoms with E-state index in [9.17, 15) is 22.8 Å². The average molecular weight is 286 g/mol. The van der Waals surface area contributed by atoms with Crippen molar-refractivity contribution in [2.75, 3.05) is 7.11 Å². The minimum absolute atomic E-state index is 0.00550. The Balaban J connectivity index is 2.66. The minimum atomic E-state index is -4.65. The monoisotopic (exact) mass is 286 g/mol. The molecule has 0 aliphatic heterocycles. The van der Waals surface area contributed by atoms with E-state index in [1.54, 1.807) is 0 Å². The second kappa shape index (κ2) is 4.95. The van der Waals surface area contributed by atoms with Crippen LogP contribution in [0.5, 0.6) is 0 Å². The highest BCUT2D eigenvalue weighted by molar-refractivity contribution is 5.83. The number of aromatic amines is 1. The summed E-state index contributed by atoms with van der Waals surface area (Å²) < 4.78 is 42.9. The second-order valence-corrected chi connectivity index (χ2v) is 4.00. The Hall–Kier alpha value is -2.38. The molecule has 2 heterocycles. The SMILES string of the molecule is COC(=O)Cc1cc2c(C(F)(F)F)nccc2[nH]c1=O. The molecule has 0 atom stereocenters. The van der Waals surface area contributed by atoms with Crippen LogP contribution in [0.25, 0.3) is 10.9 Å². The number of hydrogen-bond acceptors (Lipinski definition) is 4. The molecule has 0 aliphatic carbocycles. The van der Waals surface area contributed by atoms with Crippen molar-refractivity contribution in [2.45, 2.75) is 12.6 Å². The van der Waals surface area contributed by atoms with Crippen LogP contribution >= 0.6 is 0 Å². The van der Waals surface area contributed by atoms with Crippen molar-refractivity contribution in [3.63, 3.8) is 0 Å². The lowest BCUT2D eigenvalue weighted by atomic mass is 10.1. The summed E-state index contributed by atoms with van der Waals surface area (Å²) in [5, 5.41) is -0.265. The Morgan fingerprint density at radius 1 is 1.45 bits per heavy atom. The summed E-state index contributed by atoms with van der Waals surface area (Å²) in [6, 6.07) is 2.27. The summed E-state index contributed by atoms with van der Waals surface area (Å²) in [7, 11) is 1.13. The van der Waals surface area contributed by atoms with Gasteiger partial charge in [0.25, 0.3) is 5.56 Å². The van der Waals surface area contributed by atoms with Gasteiger partial charge in [-0.1, -0.05) is 0 Å². The van der Waals surface area contributed by atoms with Crippen LogP contribution in [0.15, 0.2) is 23.1 Å². The smallest absolute Gasteiger partial charge is 0.434 e. The Morgan fingerprint density at radius 2 is 2.15 bits per heavy atom. The van der Waals surface area contributed by atoms with Gasteiger partial charge in [0.2, 0.25) is 0 Å². The molecule has 0 radical (unpaired) electrons. The summed E-state index contributed by atoms with van der Waals surface area (Å²) in [6.45, 7) is 0. The molecule has 2 rings (SSSR count). The fourth-order valence-corrected chi connectivity index (χ4v) is 1.76. The Bertz CT molecular complexity index is 722. The number of carbonyl (C=O) groups is 1. The lowest BCUT2D eigenvalue weighted by Gasteiger charge is -2.09. The molecule has 0 saturated heterocycles. The average Bonchev–Trinajstić information content (AvgIpc) is 2.37. The van der Waals surface area contributed by atoms with Gasteiger partial charge >= 0.3 is 12.1 Å². The number of pyridine rings is 2. The van der Waals surface area contributed by atoms with Gasteiger partial charge in [0.15, 0.2) is 5.69 Å². The summed E-state index contributed by atoms with van der Waals surface area (Å²) in [5.41, 5.74) is -1.85. The lowest BCUT2D eigenvalue weighted by Crippen LogP contribution is -2.18. The molecule has 106 valence electrons. The zero-order chi connectivity index (χ0) is 14.9. The fraction of sp³-hybridized carbons (Fsp3) is 0.250. The molecule has 0 saturated carbocycles. The molecule has 0 bridgehead atoms. The van der Waals surface area contributed by atoms with Crippen molar-refractivity contribution in [3.8, 4) is 0 Å². The number of ether oxygens (including phenoxy) is 1. The van der Waals surface area contributed by atoms with Gasteiger partial charge in [0.1, 0.15) is 0 Å². The van der Waals surface area contributed by atoms with Gasteiger partial charge in [-0.05, 0) is 12.1 Å². The number of aromatic nitrogens is 2. The molecule has 2 aromatic heterocycles. The first kappa shape index (κ1) is 14.0. The summed E-state index contributed by atoms with van der Waals surface area (Å²) in [5.74, 6) is -0.715. The maximum absolute atomic E-state index is 12.8. The van der Waals surface area contributed by atoms with Crippen LogP contribution in [0.2, 0.25) is 0 Å². The molecule has 0 spiro atoms. The zero-order valence-electron chi connectivity index (χ0n) is 10.2.